The van der Waals surface area contributed by atoms with Gasteiger partial charge in [-0.05, 0) is 29.7 Å². The second-order valence-electron chi connectivity index (χ2n) is 7.05. The quantitative estimate of drug-likeness (QED) is 0.721. The lowest BCUT2D eigenvalue weighted by molar-refractivity contribution is -0.909. The van der Waals surface area contributed by atoms with Gasteiger partial charge in [0.05, 0.1) is 30.7 Å². The Labute approximate surface area is 162 Å². The summed E-state index contributed by atoms with van der Waals surface area (Å²) < 4.78 is 34.3. The van der Waals surface area contributed by atoms with Crippen molar-refractivity contribution in [1.82, 2.24) is 4.72 Å². The van der Waals surface area contributed by atoms with Crippen molar-refractivity contribution in [1.29, 1.82) is 0 Å². The molecule has 2 aromatic carbocycles. The number of ether oxygens (including phenoxy) is 1. The number of nitrogens with one attached hydrogen (secondary N) is 2. The molecule has 0 radical (unpaired) electrons. The molecule has 1 atom stereocenters. The second-order valence-corrected chi connectivity index (χ2v) is 8.76. The summed E-state index contributed by atoms with van der Waals surface area (Å²) in [5.41, 5.74) is 2.15. The first kappa shape index (κ1) is 20.0. The Morgan fingerprint density at radius 3 is 2.33 bits per heavy atom. The highest BCUT2D eigenvalue weighted by Gasteiger charge is 2.26. The van der Waals surface area contributed by atoms with Crippen molar-refractivity contribution in [3.8, 4) is 0 Å². The lowest BCUT2D eigenvalue weighted by Gasteiger charge is -2.28. The minimum absolute atomic E-state index is 0.264. The number of benzene rings is 2. The zero-order chi connectivity index (χ0) is 19.1. The van der Waals surface area contributed by atoms with E-state index in [0.29, 0.717) is 11.4 Å². The summed E-state index contributed by atoms with van der Waals surface area (Å²) >= 11 is 0. The third-order valence-corrected chi connectivity index (χ3v) is 6.45. The first-order chi connectivity index (χ1) is 13.1. The largest absolute Gasteiger partial charge is 0.370 e. The Balaban J connectivity index is 1.79. The summed E-state index contributed by atoms with van der Waals surface area (Å²) in [4.78, 5) is 1.68. The maximum atomic E-state index is 13.0. The minimum Gasteiger partial charge on any atom is -0.370 e. The van der Waals surface area contributed by atoms with Gasteiger partial charge in [-0.25, -0.2) is 8.42 Å². The zero-order valence-corrected chi connectivity index (χ0v) is 16.7. The van der Waals surface area contributed by atoms with Gasteiger partial charge in [-0.15, -0.1) is 0 Å². The molecule has 1 aliphatic heterocycles. The molecule has 0 aromatic heterocycles. The number of rotatable bonds is 8. The van der Waals surface area contributed by atoms with E-state index in [1.807, 2.05) is 42.5 Å². The van der Waals surface area contributed by atoms with Crippen LogP contribution in [0.15, 0.2) is 59.5 Å². The predicted molar refractivity (Wildman–Crippen MR) is 106 cm³/mol. The second kappa shape index (κ2) is 9.46. The molecule has 0 amide bonds. The van der Waals surface area contributed by atoms with Gasteiger partial charge in [0.1, 0.15) is 13.1 Å². The molecule has 146 valence electrons. The fraction of sp³-hybridized carbons (Fsp3) is 0.429. The van der Waals surface area contributed by atoms with Crippen LogP contribution in [0.3, 0.4) is 0 Å². The minimum atomic E-state index is -3.58. The standard InChI is InChI=1S/C21H28N2O3S/c1-2-6-18-9-11-20(12-10-18)27(24,25)22-21(19-7-4-3-5-8-19)17-23-13-15-26-16-14-23/h3-5,7-12,21-22H,2,6,13-17H2,1H3/p+1/t21-/m1/s1. The first-order valence-corrected chi connectivity index (χ1v) is 11.1. The van der Waals surface area contributed by atoms with Crippen LogP contribution < -0.4 is 9.62 Å². The van der Waals surface area contributed by atoms with Crippen LogP contribution in [0.25, 0.3) is 0 Å². The van der Waals surface area contributed by atoms with Crippen molar-refractivity contribution in [3.63, 3.8) is 0 Å². The van der Waals surface area contributed by atoms with E-state index in [4.69, 9.17) is 4.74 Å². The molecule has 3 rings (SSSR count). The normalized spacial score (nSPS) is 16.9. The molecule has 6 heteroatoms. The van der Waals surface area contributed by atoms with Crippen molar-refractivity contribution in [2.75, 3.05) is 32.8 Å². The molecule has 1 fully saturated rings. The summed E-state index contributed by atoms with van der Waals surface area (Å²) in [6.45, 7) is 6.07. The van der Waals surface area contributed by atoms with Crippen LogP contribution >= 0.6 is 0 Å². The maximum Gasteiger partial charge on any atom is 0.241 e. The van der Waals surface area contributed by atoms with Crippen LogP contribution in [-0.2, 0) is 21.2 Å². The molecule has 2 aromatic rings. The van der Waals surface area contributed by atoms with E-state index in [0.717, 1.165) is 50.3 Å². The van der Waals surface area contributed by atoms with Gasteiger partial charge >= 0.3 is 0 Å². The summed E-state index contributed by atoms with van der Waals surface area (Å²) in [5.74, 6) is 0. The van der Waals surface area contributed by atoms with Crippen molar-refractivity contribution in [2.45, 2.75) is 30.7 Å². The SMILES string of the molecule is CCCc1ccc(S(=O)(=O)N[C@H](C[NH+]2CCOCC2)c2ccccc2)cc1. The van der Waals surface area contributed by atoms with Crippen LogP contribution in [0, 0.1) is 0 Å². The molecule has 0 saturated carbocycles. The number of morpholine rings is 1. The molecule has 2 N–H and O–H groups in total. The monoisotopic (exact) mass is 389 g/mol. The van der Waals surface area contributed by atoms with Gasteiger partial charge in [-0.2, -0.15) is 4.72 Å². The van der Waals surface area contributed by atoms with Crippen molar-refractivity contribution in [2.24, 2.45) is 0 Å². The molecule has 0 spiro atoms. The van der Waals surface area contributed by atoms with Crippen LogP contribution in [0.2, 0.25) is 0 Å². The summed E-state index contributed by atoms with van der Waals surface area (Å²) in [6.07, 6.45) is 2.00. The lowest BCUT2D eigenvalue weighted by atomic mass is 10.1. The van der Waals surface area contributed by atoms with Gasteiger partial charge in [-0.3, -0.25) is 0 Å². The third-order valence-electron chi connectivity index (χ3n) is 4.96. The average molecular weight is 390 g/mol. The molecule has 1 saturated heterocycles. The van der Waals surface area contributed by atoms with E-state index in [2.05, 4.69) is 11.6 Å². The molecular weight excluding hydrogens is 360 g/mol. The highest BCUT2D eigenvalue weighted by Crippen LogP contribution is 2.17. The number of hydrogen-bond donors (Lipinski definition) is 2. The molecular formula is C21H29N2O3S+. The van der Waals surface area contributed by atoms with Crippen LogP contribution in [0.5, 0.6) is 0 Å². The van der Waals surface area contributed by atoms with Gasteiger partial charge in [0.15, 0.2) is 0 Å². The number of quaternary nitrogens is 1. The third kappa shape index (κ3) is 5.62. The summed E-state index contributed by atoms with van der Waals surface area (Å²) in [6, 6.07) is 16.8. The number of hydrogen-bond acceptors (Lipinski definition) is 3. The van der Waals surface area contributed by atoms with E-state index in [-0.39, 0.29) is 6.04 Å². The number of sulfonamides is 1. The molecule has 1 heterocycles. The van der Waals surface area contributed by atoms with Gasteiger partial charge < -0.3 is 9.64 Å². The molecule has 27 heavy (non-hydrogen) atoms. The fourth-order valence-electron chi connectivity index (χ4n) is 3.45. The van der Waals surface area contributed by atoms with Crippen LogP contribution in [-0.4, -0.2) is 41.3 Å². The van der Waals surface area contributed by atoms with Gasteiger partial charge in [0.2, 0.25) is 10.0 Å². The van der Waals surface area contributed by atoms with Crippen molar-refractivity contribution < 1.29 is 18.1 Å². The smallest absolute Gasteiger partial charge is 0.241 e. The average Bonchev–Trinajstić information content (AvgIpc) is 2.69. The molecule has 5 nitrogen and oxygen atoms in total. The fourth-order valence-corrected chi connectivity index (χ4v) is 4.67. The van der Waals surface area contributed by atoms with Gasteiger partial charge in [0.25, 0.3) is 0 Å². The van der Waals surface area contributed by atoms with Crippen LogP contribution in [0.1, 0.15) is 30.5 Å². The van der Waals surface area contributed by atoms with Gasteiger partial charge in [0, 0.05) is 0 Å². The maximum absolute atomic E-state index is 13.0. The Hall–Kier alpha value is -1.73. The summed E-state index contributed by atoms with van der Waals surface area (Å²) in [7, 11) is -3.58. The van der Waals surface area contributed by atoms with Gasteiger partial charge in [-0.1, -0.05) is 55.8 Å². The van der Waals surface area contributed by atoms with Crippen molar-refractivity contribution >= 4 is 10.0 Å². The van der Waals surface area contributed by atoms with Crippen molar-refractivity contribution in [3.05, 3.63) is 65.7 Å². The molecule has 0 aliphatic carbocycles. The van der Waals surface area contributed by atoms with E-state index < -0.39 is 10.0 Å². The highest BCUT2D eigenvalue weighted by molar-refractivity contribution is 7.89. The molecule has 1 aliphatic rings. The first-order valence-electron chi connectivity index (χ1n) is 9.66. The van der Waals surface area contributed by atoms with E-state index >= 15 is 0 Å². The van der Waals surface area contributed by atoms with E-state index in [1.54, 1.807) is 12.1 Å². The Bertz CT molecular complexity index is 801. The topological polar surface area (TPSA) is 59.8 Å². The predicted octanol–water partition coefficient (Wildman–Crippen LogP) is 1.57. The highest BCUT2D eigenvalue weighted by atomic mass is 32.2. The zero-order valence-electron chi connectivity index (χ0n) is 15.9. The summed E-state index contributed by atoms with van der Waals surface area (Å²) in [5, 5.41) is 0. The lowest BCUT2D eigenvalue weighted by Crippen LogP contribution is -3.14. The molecule has 0 bridgehead atoms. The Morgan fingerprint density at radius 2 is 1.70 bits per heavy atom. The Morgan fingerprint density at radius 1 is 1.04 bits per heavy atom. The molecule has 0 unspecified atom stereocenters. The number of aryl methyl sites for hydroxylation is 1. The van der Waals surface area contributed by atoms with E-state index in [9.17, 15) is 8.42 Å². The van der Waals surface area contributed by atoms with E-state index in [1.165, 1.54) is 4.90 Å². The Kier molecular flexibility index (Phi) is 7.01. The van der Waals surface area contributed by atoms with Crippen LogP contribution in [0.4, 0.5) is 0 Å².